The summed E-state index contributed by atoms with van der Waals surface area (Å²) in [4.78, 5) is 45.8. The third-order valence-corrected chi connectivity index (χ3v) is 4.89. The normalized spacial score (nSPS) is 11.3. The quantitative estimate of drug-likeness (QED) is 0.194. The van der Waals surface area contributed by atoms with Crippen molar-refractivity contribution in [2.45, 2.75) is 19.8 Å². The molecule has 0 N–H and O–H groups in total. The fraction of sp³-hybridized carbons (Fsp3) is 0.167. The molecule has 0 bridgehead atoms. The minimum absolute atomic E-state index is 0.105. The summed E-state index contributed by atoms with van der Waals surface area (Å²) in [5, 5.41) is 21.6. The Morgan fingerprint density at radius 2 is 1.24 bits per heavy atom. The Morgan fingerprint density at radius 1 is 0.765 bits per heavy atom. The number of carbonyl (C=O) groups excluding carboxylic acids is 2. The van der Waals surface area contributed by atoms with Crippen molar-refractivity contribution < 1.29 is 28.9 Å². The van der Waals surface area contributed by atoms with Gasteiger partial charge < -0.3 is 9.47 Å². The lowest BCUT2D eigenvalue weighted by atomic mass is 9.95. The lowest BCUT2D eigenvalue weighted by Crippen LogP contribution is -2.27. The van der Waals surface area contributed by atoms with E-state index in [-0.39, 0.29) is 35.7 Å². The van der Waals surface area contributed by atoms with E-state index in [0.717, 1.165) is 11.1 Å². The summed E-state index contributed by atoms with van der Waals surface area (Å²) in [5.74, 6) is -2.10. The Hall–Kier alpha value is -4.60. The molecule has 0 aliphatic heterocycles. The number of hydrogen-bond donors (Lipinski definition) is 0. The topological polar surface area (TPSA) is 139 Å². The second-order valence-electron chi connectivity index (χ2n) is 7.49. The van der Waals surface area contributed by atoms with Crippen molar-refractivity contribution in [3.63, 3.8) is 0 Å². The van der Waals surface area contributed by atoms with Crippen molar-refractivity contribution in [3.05, 3.63) is 104 Å². The molecule has 0 spiro atoms. The Kier molecular flexibility index (Phi) is 7.65. The van der Waals surface area contributed by atoms with Crippen molar-refractivity contribution in [1.82, 2.24) is 0 Å². The molecule has 0 radical (unpaired) electrons. The van der Waals surface area contributed by atoms with Crippen LogP contribution in [0.2, 0.25) is 0 Å². The van der Waals surface area contributed by atoms with Crippen LogP contribution in [0.3, 0.4) is 0 Å². The van der Waals surface area contributed by atoms with E-state index < -0.39 is 27.7 Å². The summed E-state index contributed by atoms with van der Waals surface area (Å²) in [6.45, 7) is 1.92. The molecule has 0 saturated carbocycles. The molecular formula is C24H20N2O8. The minimum atomic E-state index is -0.900. The van der Waals surface area contributed by atoms with Crippen LogP contribution in [0, 0.1) is 33.1 Å². The number of benzene rings is 3. The highest BCUT2D eigenvalue weighted by Crippen LogP contribution is 2.23. The highest BCUT2D eigenvalue weighted by atomic mass is 16.6. The summed E-state index contributed by atoms with van der Waals surface area (Å²) in [6.07, 6.45) is -0.113. The van der Waals surface area contributed by atoms with Crippen molar-refractivity contribution in [3.8, 4) is 11.5 Å². The third-order valence-electron chi connectivity index (χ3n) is 4.89. The van der Waals surface area contributed by atoms with Crippen LogP contribution in [0.4, 0.5) is 11.4 Å². The van der Waals surface area contributed by atoms with Crippen molar-refractivity contribution in [2.75, 3.05) is 0 Å². The predicted octanol–water partition coefficient (Wildman–Crippen LogP) is 4.57. The number of nitro groups is 2. The fourth-order valence-electron chi connectivity index (χ4n) is 3.09. The summed E-state index contributed by atoms with van der Waals surface area (Å²) >= 11 is 0. The van der Waals surface area contributed by atoms with E-state index in [9.17, 15) is 29.8 Å². The minimum Gasteiger partial charge on any atom is -0.427 e. The SMILES string of the molecule is Cc1ccc(CC(CC(=O)Oc2ccc([N+](=O)[O-])cc2)C(=O)Oc2ccc([N+](=O)[O-])cc2)cc1. The highest BCUT2D eigenvalue weighted by molar-refractivity contribution is 5.82. The van der Waals surface area contributed by atoms with Gasteiger partial charge in [-0.15, -0.1) is 0 Å². The molecule has 10 nitrogen and oxygen atoms in total. The number of hydrogen-bond acceptors (Lipinski definition) is 8. The number of rotatable bonds is 9. The zero-order valence-electron chi connectivity index (χ0n) is 18.1. The van der Waals surface area contributed by atoms with Gasteiger partial charge in [-0.2, -0.15) is 0 Å². The first-order valence-electron chi connectivity index (χ1n) is 10.2. The van der Waals surface area contributed by atoms with Gasteiger partial charge in [0.1, 0.15) is 11.5 Å². The number of carbonyl (C=O) groups is 2. The summed E-state index contributed by atoms with van der Waals surface area (Å²) in [6, 6.07) is 17.4. The average molecular weight is 464 g/mol. The van der Waals surface area contributed by atoms with Gasteiger partial charge in [0.15, 0.2) is 0 Å². The molecule has 0 saturated heterocycles. The standard InChI is InChI=1S/C24H20N2O8/c1-16-2-4-17(5-3-16)14-18(24(28)34-22-12-8-20(9-13-22)26(31)32)15-23(27)33-21-10-6-19(7-11-21)25(29)30/h2-13,18H,14-15H2,1H3. The molecule has 174 valence electrons. The van der Waals surface area contributed by atoms with Crippen LogP contribution in [-0.2, 0) is 16.0 Å². The molecule has 3 aromatic carbocycles. The van der Waals surface area contributed by atoms with E-state index in [1.165, 1.54) is 48.5 Å². The molecule has 34 heavy (non-hydrogen) atoms. The number of aryl methyl sites for hydroxylation is 1. The molecule has 1 unspecified atom stereocenters. The van der Waals surface area contributed by atoms with Gasteiger partial charge in [0.05, 0.1) is 22.2 Å². The Morgan fingerprint density at radius 3 is 1.71 bits per heavy atom. The predicted molar refractivity (Wildman–Crippen MR) is 120 cm³/mol. The Balaban J connectivity index is 1.73. The van der Waals surface area contributed by atoms with Gasteiger partial charge in [-0.1, -0.05) is 29.8 Å². The van der Waals surface area contributed by atoms with E-state index in [4.69, 9.17) is 9.47 Å². The number of ether oxygens (including phenoxy) is 2. The summed E-state index contributed by atoms with van der Waals surface area (Å²) < 4.78 is 10.6. The number of nitro benzene ring substituents is 2. The molecule has 0 heterocycles. The maximum absolute atomic E-state index is 12.9. The number of esters is 2. The van der Waals surface area contributed by atoms with Gasteiger partial charge in [0.2, 0.25) is 0 Å². The van der Waals surface area contributed by atoms with E-state index in [1.54, 1.807) is 0 Å². The molecule has 0 fully saturated rings. The Labute approximate surface area is 194 Å². The van der Waals surface area contributed by atoms with Crippen LogP contribution < -0.4 is 9.47 Å². The molecule has 0 aromatic heterocycles. The first kappa shape index (κ1) is 24.1. The average Bonchev–Trinajstić information content (AvgIpc) is 2.80. The van der Waals surface area contributed by atoms with Crippen molar-refractivity contribution >= 4 is 23.3 Å². The lowest BCUT2D eigenvalue weighted by molar-refractivity contribution is -0.385. The van der Waals surface area contributed by atoms with Crippen LogP contribution in [0.5, 0.6) is 11.5 Å². The number of non-ortho nitro benzene ring substituents is 2. The first-order chi connectivity index (χ1) is 16.2. The van der Waals surface area contributed by atoms with Gasteiger partial charge in [0.25, 0.3) is 11.4 Å². The van der Waals surface area contributed by atoms with Gasteiger partial charge >= 0.3 is 11.9 Å². The van der Waals surface area contributed by atoms with E-state index in [1.807, 2.05) is 31.2 Å². The molecule has 0 aliphatic carbocycles. The van der Waals surface area contributed by atoms with Crippen LogP contribution in [0.1, 0.15) is 17.5 Å². The van der Waals surface area contributed by atoms with Gasteiger partial charge in [-0.25, -0.2) is 0 Å². The highest BCUT2D eigenvalue weighted by Gasteiger charge is 2.26. The van der Waals surface area contributed by atoms with Gasteiger partial charge in [0, 0.05) is 24.3 Å². The molecule has 3 rings (SSSR count). The first-order valence-corrected chi connectivity index (χ1v) is 10.2. The van der Waals surface area contributed by atoms with Crippen molar-refractivity contribution in [1.29, 1.82) is 0 Å². The molecule has 1 atom stereocenters. The largest absolute Gasteiger partial charge is 0.427 e. The summed E-state index contributed by atoms with van der Waals surface area (Å²) in [5.41, 5.74) is 1.54. The number of nitrogens with zero attached hydrogens (tertiary/aromatic N) is 2. The molecule has 10 heteroatoms. The maximum atomic E-state index is 12.9. The zero-order chi connectivity index (χ0) is 24.7. The molecule has 0 amide bonds. The molecule has 3 aromatic rings. The second kappa shape index (κ2) is 10.8. The zero-order valence-corrected chi connectivity index (χ0v) is 18.1. The monoisotopic (exact) mass is 464 g/mol. The van der Waals surface area contributed by atoms with Crippen LogP contribution in [0.15, 0.2) is 72.8 Å². The summed E-state index contributed by atoms with van der Waals surface area (Å²) in [7, 11) is 0. The lowest BCUT2D eigenvalue weighted by Gasteiger charge is -2.16. The van der Waals surface area contributed by atoms with Crippen molar-refractivity contribution in [2.24, 2.45) is 5.92 Å². The third kappa shape index (κ3) is 6.70. The van der Waals surface area contributed by atoms with E-state index in [0.29, 0.717) is 0 Å². The van der Waals surface area contributed by atoms with Crippen LogP contribution >= 0.6 is 0 Å². The fourth-order valence-corrected chi connectivity index (χ4v) is 3.09. The smallest absolute Gasteiger partial charge is 0.315 e. The Bertz CT molecular complexity index is 1190. The second-order valence-corrected chi connectivity index (χ2v) is 7.49. The van der Waals surface area contributed by atoms with E-state index >= 15 is 0 Å². The molecular weight excluding hydrogens is 444 g/mol. The molecule has 0 aliphatic rings. The van der Waals surface area contributed by atoms with Crippen LogP contribution in [0.25, 0.3) is 0 Å². The van der Waals surface area contributed by atoms with E-state index in [2.05, 4.69) is 0 Å². The maximum Gasteiger partial charge on any atom is 0.315 e. The van der Waals surface area contributed by atoms with Crippen LogP contribution in [-0.4, -0.2) is 21.8 Å². The van der Waals surface area contributed by atoms with Gasteiger partial charge in [-0.05, 0) is 43.2 Å². The van der Waals surface area contributed by atoms with Gasteiger partial charge in [-0.3, -0.25) is 29.8 Å².